The van der Waals surface area contributed by atoms with Crippen LogP contribution in [0.5, 0.6) is 0 Å². The molecule has 0 aliphatic rings. The third-order valence-corrected chi connectivity index (χ3v) is 4.50. The van der Waals surface area contributed by atoms with E-state index < -0.39 is 0 Å². The second-order valence-corrected chi connectivity index (χ2v) is 6.38. The normalized spacial score (nSPS) is 12.3. The van der Waals surface area contributed by atoms with Crippen molar-refractivity contribution in [3.8, 4) is 0 Å². The van der Waals surface area contributed by atoms with Crippen LogP contribution in [-0.4, -0.2) is 15.0 Å². The molecule has 0 aliphatic heterocycles. The Labute approximate surface area is 150 Å². The van der Waals surface area contributed by atoms with E-state index in [0.717, 1.165) is 16.6 Å². The lowest BCUT2D eigenvalue weighted by atomic mass is 10.1. The fraction of sp³-hybridized carbons (Fsp3) is 0.263. The molecule has 1 unspecified atom stereocenters. The van der Waals surface area contributed by atoms with Gasteiger partial charge < -0.3 is 5.32 Å². The van der Waals surface area contributed by atoms with Crippen molar-refractivity contribution < 1.29 is 4.79 Å². The van der Waals surface area contributed by atoms with Crippen LogP contribution in [-0.2, 0) is 17.9 Å². The number of aryl methyl sites for hydroxylation is 1. The van der Waals surface area contributed by atoms with Crippen molar-refractivity contribution in [2.45, 2.75) is 33.0 Å². The lowest BCUT2D eigenvalue weighted by molar-refractivity contribution is -0.122. The fourth-order valence-electron chi connectivity index (χ4n) is 3.02. The van der Waals surface area contributed by atoms with Gasteiger partial charge >= 0.3 is 5.69 Å². The third-order valence-electron chi connectivity index (χ3n) is 4.27. The van der Waals surface area contributed by atoms with E-state index in [0.29, 0.717) is 11.6 Å². The van der Waals surface area contributed by atoms with Gasteiger partial charge in [0.15, 0.2) is 0 Å². The van der Waals surface area contributed by atoms with Gasteiger partial charge in [-0.3, -0.25) is 13.9 Å². The smallest absolute Gasteiger partial charge is 0.329 e. The number of fused-ring (bicyclic) bond motifs is 1. The SMILES string of the molecule is CCn1c(=O)n(CC(=O)NC(C)c2cccc(Cl)c2)c2ccccc21. The summed E-state index contributed by atoms with van der Waals surface area (Å²) in [5, 5.41) is 3.55. The Bertz CT molecular complexity index is 974. The minimum absolute atomic E-state index is 0.0166. The quantitative estimate of drug-likeness (QED) is 0.761. The van der Waals surface area contributed by atoms with Crippen molar-refractivity contribution in [1.82, 2.24) is 14.5 Å². The highest BCUT2D eigenvalue weighted by Gasteiger charge is 2.16. The predicted octanol–water partition coefficient (Wildman–Crippen LogP) is 3.35. The van der Waals surface area contributed by atoms with Crippen molar-refractivity contribution in [2.75, 3.05) is 0 Å². The number of carbonyl (C=O) groups is 1. The molecule has 3 rings (SSSR count). The Hall–Kier alpha value is -2.53. The Morgan fingerprint density at radius 3 is 2.44 bits per heavy atom. The van der Waals surface area contributed by atoms with E-state index in [1.165, 1.54) is 4.57 Å². The molecule has 130 valence electrons. The third kappa shape index (κ3) is 3.46. The molecule has 25 heavy (non-hydrogen) atoms. The van der Waals surface area contributed by atoms with Gasteiger partial charge in [0.2, 0.25) is 5.91 Å². The maximum Gasteiger partial charge on any atom is 0.329 e. The number of amides is 1. The predicted molar refractivity (Wildman–Crippen MR) is 99.9 cm³/mol. The summed E-state index contributed by atoms with van der Waals surface area (Å²) in [7, 11) is 0. The number of imidazole rings is 1. The number of carbonyl (C=O) groups excluding carboxylic acids is 1. The lowest BCUT2D eigenvalue weighted by Crippen LogP contribution is -2.34. The molecule has 1 aromatic heterocycles. The van der Waals surface area contributed by atoms with Gasteiger partial charge in [-0.25, -0.2) is 4.79 Å². The molecule has 1 heterocycles. The molecule has 0 fully saturated rings. The van der Waals surface area contributed by atoms with E-state index in [9.17, 15) is 9.59 Å². The highest BCUT2D eigenvalue weighted by Crippen LogP contribution is 2.17. The molecule has 0 aliphatic carbocycles. The second kappa shape index (κ2) is 7.15. The molecular weight excluding hydrogens is 338 g/mol. The number of hydrogen-bond donors (Lipinski definition) is 1. The number of halogens is 1. The first-order chi connectivity index (χ1) is 12.0. The monoisotopic (exact) mass is 357 g/mol. The van der Waals surface area contributed by atoms with Gasteiger partial charge in [-0.15, -0.1) is 0 Å². The molecular formula is C19H20ClN3O2. The van der Waals surface area contributed by atoms with Gasteiger partial charge in [0.1, 0.15) is 6.54 Å². The summed E-state index contributed by atoms with van der Waals surface area (Å²) >= 11 is 6.00. The summed E-state index contributed by atoms with van der Waals surface area (Å²) in [5.41, 5.74) is 2.35. The summed E-state index contributed by atoms with van der Waals surface area (Å²) < 4.78 is 3.18. The van der Waals surface area contributed by atoms with E-state index in [4.69, 9.17) is 11.6 Å². The molecule has 1 atom stereocenters. The Morgan fingerprint density at radius 1 is 1.12 bits per heavy atom. The van der Waals surface area contributed by atoms with Gasteiger partial charge in [-0.05, 0) is 43.7 Å². The van der Waals surface area contributed by atoms with E-state index in [-0.39, 0.29) is 24.2 Å². The summed E-state index contributed by atoms with van der Waals surface area (Å²) in [4.78, 5) is 25.0. The van der Waals surface area contributed by atoms with Crippen LogP contribution in [0.25, 0.3) is 11.0 Å². The zero-order valence-electron chi connectivity index (χ0n) is 14.2. The summed E-state index contributed by atoms with van der Waals surface area (Å²) in [5.74, 6) is -0.214. The fourth-order valence-corrected chi connectivity index (χ4v) is 3.22. The summed E-state index contributed by atoms with van der Waals surface area (Å²) in [6.07, 6.45) is 0. The molecule has 5 nitrogen and oxygen atoms in total. The maximum atomic E-state index is 12.6. The Balaban J connectivity index is 1.83. The first-order valence-electron chi connectivity index (χ1n) is 8.24. The Morgan fingerprint density at radius 2 is 1.80 bits per heavy atom. The largest absolute Gasteiger partial charge is 0.348 e. The van der Waals surface area contributed by atoms with Crippen molar-refractivity contribution in [3.63, 3.8) is 0 Å². The van der Waals surface area contributed by atoms with Gasteiger partial charge in [-0.1, -0.05) is 35.9 Å². The van der Waals surface area contributed by atoms with E-state index in [1.54, 1.807) is 10.6 Å². The summed E-state index contributed by atoms with van der Waals surface area (Å²) in [6.45, 7) is 4.35. The topological polar surface area (TPSA) is 56.0 Å². The molecule has 0 radical (unpaired) electrons. The molecule has 0 bridgehead atoms. The number of aromatic nitrogens is 2. The highest BCUT2D eigenvalue weighted by atomic mass is 35.5. The number of hydrogen-bond acceptors (Lipinski definition) is 2. The lowest BCUT2D eigenvalue weighted by Gasteiger charge is -2.15. The molecule has 1 N–H and O–H groups in total. The van der Waals surface area contributed by atoms with Crippen molar-refractivity contribution >= 4 is 28.5 Å². The minimum Gasteiger partial charge on any atom is -0.348 e. The molecule has 0 saturated carbocycles. The van der Waals surface area contributed by atoms with Crippen LogP contribution >= 0.6 is 11.6 Å². The number of benzene rings is 2. The average Bonchev–Trinajstić information content (AvgIpc) is 2.86. The van der Waals surface area contributed by atoms with Gasteiger partial charge in [-0.2, -0.15) is 0 Å². The van der Waals surface area contributed by atoms with E-state index in [1.807, 2.05) is 56.3 Å². The zero-order chi connectivity index (χ0) is 18.0. The van der Waals surface area contributed by atoms with Crippen LogP contribution in [0.4, 0.5) is 0 Å². The number of nitrogens with zero attached hydrogens (tertiary/aromatic N) is 2. The number of nitrogens with one attached hydrogen (secondary N) is 1. The van der Waals surface area contributed by atoms with Crippen LogP contribution in [0.3, 0.4) is 0 Å². The van der Waals surface area contributed by atoms with Gasteiger partial charge in [0.25, 0.3) is 0 Å². The van der Waals surface area contributed by atoms with Crippen LogP contribution < -0.4 is 11.0 Å². The van der Waals surface area contributed by atoms with E-state index >= 15 is 0 Å². The minimum atomic E-state index is -0.214. The zero-order valence-corrected chi connectivity index (χ0v) is 15.0. The van der Waals surface area contributed by atoms with Gasteiger partial charge in [0.05, 0.1) is 17.1 Å². The molecule has 6 heteroatoms. The molecule has 0 spiro atoms. The van der Waals surface area contributed by atoms with Crippen LogP contribution in [0.15, 0.2) is 53.3 Å². The Kier molecular flexibility index (Phi) is 4.95. The second-order valence-electron chi connectivity index (χ2n) is 5.95. The van der Waals surface area contributed by atoms with Crippen molar-refractivity contribution in [1.29, 1.82) is 0 Å². The molecule has 1 amide bonds. The van der Waals surface area contributed by atoms with Crippen LogP contribution in [0, 0.1) is 0 Å². The van der Waals surface area contributed by atoms with Crippen LogP contribution in [0.1, 0.15) is 25.5 Å². The number of para-hydroxylation sites is 2. The van der Waals surface area contributed by atoms with Crippen molar-refractivity contribution in [2.24, 2.45) is 0 Å². The first-order valence-corrected chi connectivity index (χ1v) is 8.62. The maximum absolute atomic E-state index is 12.6. The first kappa shape index (κ1) is 17.3. The average molecular weight is 358 g/mol. The molecule has 2 aromatic carbocycles. The van der Waals surface area contributed by atoms with Gasteiger partial charge in [0, 0.05) is 11.6 Å². The summed E-state index contributed by atoms with van der Waals surface area (Å²) in [6, 6.07) is 14.7. The molecule has 0 saturated heterocycles. The number of rotatable bonds is 5. The molecule has 3 aromatic rings. The van der Waals surface area contributed by atoms with Crippen LogP contribution in [0.2, 0.25) is 5.02 Å². The van der Waals surface area contributed by atoms with Crippen molar-refractivity contribution in [3.05, 3.63) is 69.6 Å². The highest BCUT2D eigenvalue weighted by molar-refractivity contribution is 6.30. The standard InChI is InChI=1S/C19H20ClN3O2/c1-3-22-16-9-4-5-10-17(16)23(19(22)25)12-18(24)21-13(2)14-7-6-8-15(20)11-14/h4-11,13H,3,12H2,1-2H3,(H,21,24). The van der Waals surface area contributed by atoms with E-state index in [2.05, 4.69) is 5.32 Å².